The minimum Gasteiger partial charge on any atom is -0.480 e. The number of carbonyl (C=O) groups is 1. The number of hydrogen-bond acceptors (Lipinski definition) is 3. The van der Waals surface area contributed by atoms with E-state index in [9.17, 15) is 19.1 Å². The molecule has 2 aromatic rings. The second kappa shape index (κ2) is 5.79. The molecule has 0 fully saturated rings. The van der Waals surface area contributed by atoms with Crippen LogP contribution in [-0.4, -0.2) is 20.9 Å². The van der Waals surface area contributed by atoms with Crippen molar-refractivity contribution in [3.63, 3.8) is 0 Å². The highest BCUT2D eigenvalue weighted by Gasteiger charge is 2.22. The van der Waals surface area contributed by atoms with Crippen molar-refractivity contribution in [1.82, 2.24) is 0 Å². The first kappa shape index (κ1) is 15.4. The molecule has 0 aromatic heterocycles. The van der Waals surface area contributed by atoms with Gasteiger partial charge < -0.3 is 20.6 Å². The third kappa shape index (κ3) is 3.37. The molecule has 7 heteroatoms. The van der Waals surface area contributed by atoms with Gasteiger partial charge in [0.1, 0.15) is 6.04 Å². The molecule has 0 aliphatic carbocycles. The summed E-state index contributed by atoms with van der Waals surface area (Å²) in [4.78, 5) is 29.7. The average molecular weight is 307 g/mol. The fourth-order valence-corrected chi connectivity index (χ4v) is 2.81. The molecule has 0 radical (unpaired) electrons. The van der Waals surface area contributed by atoms with Gasteiger partial charge in [-0.15, -0.1) is 0 Å². The summed E-state index contributed by atoms with van der Waals surface area (Å²) in [5, 5.41) is 8.83. The van der Waals surface area contributed by atoms with Crippen LogP contribution in [0.1, 0.15) is 11.6 Å². The first-order valence-electron chi connectivity index (χ1n) is 6.04. The van der Waals surface area contributed by atoms with Crippen molar-refractivity contribution in [1.29, 1.82) is 0 Å². The molecule has 1 atom stereocenters. The van der Waals surface area contributed by atoms with Crippen molar-refractivity contribution in [2.24, 2.45) is 5.73 Å². The molecule has 0 aliphatic rings. The van der Waals surface area contributed by atoms with Crippen LogP contribution in [0.25, 0.3) is 11.1 Å². The molecule has 0 spiro atoms. The smallest absolute Gasteiger partial charge is 0.356 e. The predicted molar refractivity (Wildman–Crippen MR) is 78.1 cm³/mol. The van der Waals surface area contributed by atoms with Crippen LogP contribution < -0.4 is 11.0 Å². The number of benzene rings is 2. The van der Waals surface area contributed by atoms with Gasteiger partial charge in [0.05, 0.1) is 5.30 Å². The Morgan fingerprint density at radius 1 is 1.10 bits per heavy atom. The minimum absolute atomic E-state index is 0.106. The van der Waals surface area contributed by atoms with Crippen LogP contribution >= 0.6 is 7.60 Å². The van der Waals surface area contributed by atoms with Crippen LogP contribution in [0.3, 0.4) is 0 Å². The molecule has 2 rings (SSSR count). The Bertz CT molecular complexity index is 725. The molecule has 0 aliphatic heterocycles. The van der Waals surface area contributed by atoms with Crippen LogP contribution in [0.2, 0.25) is 0 Å². The molecule has 0 saturated heterocycles. The van der Waals surface area contributed by atoms with E-state index in [-0.39, 0.29) is 5.30 Å². The molecule has 0 bridgehead atoms. The molecular weight excluding hydrogens is 293 g/mol. The molecule has 2 aromatic carbocycles. The Hall–Kier alpha value is -1.98. The number of carboxylic acids is 1. The number of rotatable bonds is 4. The second-order valence-electron chi connectivity index (χ2n) is 4.50. The van der Waals surface area contributed by atoms with Crippen molar-refractivity contribution < 1.29 is 24.3 Å². The Kier molecular flexibility index (Phi) is 4.25. The summed E-state index contributed by atoms with van der Waals surface area (Å²) in [6.07, 6.45) is 0. The molecule has 0 heterocycles. The van der Waals surface area contributed by atoms with Gasteiger partial charge in [0, 0.05) is 0 Å². The van der Waals surface area contributed by atoms with Gasteiger partial charge in [0.25, 0.3) is 0 Å². The summed E-state index contributed by atoms with van der Waals surface area (Å²) in [6, 6.07) is 11.2. The average Bonchev–Trinajstić information content (AvgIpc) is 2.45. The van der Waals surface area contributed by atoms with Crippen molar-refractivity contribution in [2.45, 2.75) is 6.04 Å². The molecule has 0 saturated carbocycles. The highest BCUT2D eigenvalue weighted by molar-refractivity contribution is 7.60. The van der Waals surface area contributed by atoms with E-state index in [0.29, 0.717) is 16.7 Å². The Morgan fingerprint density at radius 2 is 1.76 bits per heavy atom. The fourth-order valence-electron chi connectivity index (χ4n) is 2.01. The Morgan fingerprint density at radius 3 is 2.38 bits per heavy atom. The normalized spacial score (nSPS) is 12.9. The summed E-state index contributed by atoms with van der Waals surface area (Å²) in [7, 11) is -4.43. The largest absolute Gasteiger partial charge is 0.480 e. The number of carboxylic acid groups (broad SMARTS) is 1. The van der Waals surface area contributed by atoms with E-state index in [2.05, 4.69) is 0 Å². The lowest BCUT2D eigenvalue weighted by atomic mass is 10.00. The first-order valence-corrected chi connectivity index (χ1v) is 7.66. The van der Waals surface area contributed by atoms with Gasteiger partial charge in [0.15, 0.2) is 0 Å². The van der Waals surface area contributed by atoms with E-state index in [1.165, 1.54) is 18.2 Å². The van der Waals surface area contributed by atoms with Crippen molar-refractivity contribution in [2.75, 3.05) is 0 Å². The zero-order valence-corrected chi connectivity index (χ0v) is 11.8. The molecular formula is C14H14NO5P. The SMILES string of the molecule is NC(C(=O)O)c1cccc(-c2ccccc2P(=O)(O)O)c1. The lowest BCUT2D eigenvalue weighted by Crippen LogP contribution is -2.20. The van der Waals surface area contributed by atoms with Gasteiger partial charge in [-0.1, -0.05) is 36.4 Å². The summed E-state index contributed by atoms with van der Waals surface area (Å²) >= 11 is 0. The van der Waals surface area contributed by atoms with E-state index in [1.807, 2.05) is 0 Å². The maximum Gasteiger partial charge on any atom is 0.356 e. The van der Waals surface area contributed by atoms with Crippen LogP contribution in [-0.2, 0) is 9.36 Å². The lowest BCUT2D eigenvalue weighted by Gasteiger charge is -2.13. The molecule has 21 heavy (non-hydrogen) atoms. The number of hydrogen-bond donors (Lipinski definition) is 4. The zero-order chi connectivity index (χ0) is 15.6. The van der Waals surface area contributed by atoms with Crippen LogP contribution in [0.15, 0.2) is 48.5 Å². The maximum atomic E-state index is 11.5. The predicted octanol–water partition coefficient (Wildman–Crippen LogP) is 1.24. The molecule has 0 amide bonds. The third-order valence-corrected chi connectivity index (χ3v) is 4.06. The molecule has 110 valence electrons. The van der Waals surface area contributed by atoms with Crippen molar-refractivity contribution >= 4 is 18.9 Å². The quantitative estimate of drug-likeness (QED) is 0.631. The summed E-state index contributed by atoms with van der Waals surface area (Å²) in [5.74, 6) is -1.17. The third-order valence-electron chi connectivity index (χ3n) is 3.04. The second-order valence-corrected chi connectivity index (χ2v) is 6.07. The van der Waals surface area contributed by atoms with Crippen LogP contribution in [0.5, 0.6) is 0 Å². The van der Waals surface area contributed by atoms with Crippen LogP contribution in [0.4, 0.5) is 0 Å². The minimum atomic E-state index is -4.43. The van der Waals surface area contributed by atoms with E-state index >= 15 is 0 Å². The van der Waals surface area contributed by atoms with Crippen molar-refractivity contribution in [3.8, 4) is 11.1 Å². The van der Waals surface area contributed by atoms with E-state index in [1.54, 1.807) is 30.3 Å². The Balaban J connectivity index is 2.56. The topological polar surface area (TPSA) is 121 Å². The maximum absolute atomic E-state index is 11.5. The Labute approximate surface area is 121 Å². The van der Waals surface area contributed by atoms with Gasteiger partial charge >= 0.3 is 13.6 Å². The zero-order valence-electron chi connectivity index (χ0n) is 10.9. The lowest BCUT2D eigenvalue weighted by molar-refractivity contribution is -0.138. The monoisotopic (exact) mass is 307 g/mol. The van der Waals surface area contributed by atoms with Gasteiger partial charge in [-0.05, 0) is 28.8 Å². The van der Waals surface area contributed by atoms with Gasteiger partial charge in [-0.2, -0.15) is 0 Å². The fraction of sp³-hybridized carbons (Fsp3) is 0.0714. The van der Waals surface area contributed by atoms with Gasteiger partial charge in [-0.3, -0.25) is 9.36 Å². The van der Waals surface area contributed by atoms with E-state index in [4.69, 9.17) is 10.8 Å². The van der Waals surface area contributed by atoms with Crippen molar-refractivity contribution in [3.05, 3.63) is 54.1 Å². The number of nitrogens with two attached hydrogens (primary N) is 1. The highest BCUT2D eigenvalue weighted by Crippen LogP contribution is 2.38. The van der Waals surface area contributed by atoms with Gasteiger partial charge in [-0.25, -0.2) is 0 Å². The number of aliphatic carboxylic acids is 1. The standard InChI is InChI=1S/C14H14NO5P/c15-13(14(16)17)10-5-3-4-9(8-10)11-6-1-2-7-12(11)21(18,19)20/h1-8,13H,15H2,(H,16,17)(H2,18,19,20). The summed E-state index contributed by atoms with van der Waals surface area (Å²) in [5.41, 5.74) is 6.77. The van der Waals surface area contributed by atoms with Crippen LogP contribution in [0, 0.1) is 0 Å². The van der Waals surface area contributed by atoms with E-state index < -0.39 is 19.6 Å². The highest BCUT2D eigenvalue weighted by atomic mass is 31.2. The van der Waals surface area contributed by atoms with Gasteiger partial charge in [0.2, 0.25) is 0 Å². The molecule has 5 N–H and O–H groups in total. The molecule has 6 nitrogen and oxygen atoms in total. The summed E-state index contributed by atoms with van der Waals surface area (Å²) < 4.78 is 11.5. The first-order chi connectivity index (χ1) is 9.80. The molecule has 1 unspecified atom stereocenters. The van der Waals surface area contributed by atoms with E-state index in [0.717, 1.165) is 0 Å². The summed E-state index contributed by atoms with van der Waals surface area (Å²) in [6.45, 7) is 0.